The molecule has 0 saturated carbocycles. The number of benzene rings is 1. The minimum atomic E-state index is 0.373. The van der Waals surface area contributed by atoms with Gasteiger partial charge in [-0.15, -0.1) is 0 Å². The van der Waals surface area contributed by atoms with Gasteiger partial charge in [0.15, 0.2) is 0 Å². The Morgan fingerprint density at radius 2 is 1.93 bits per heavy atom. The molecule has 0 radical (unpaired) electrons. The highest BCUT2D eigenvalue weighted by atomic mass is 14.9. The Hall–Kier alpha value is -0.980. The summed E-state index contributed by atoms with van der Waals surface area (Å²) in [5.41, 5.74) is 3.20. The normalized spacial score (nSPS) is 21.2. The lowest BCUT2D eigenvalue weighted by Gasteiger charge is -2.36. The molecule has 1 nitrogen and oxygen atoms in total. The fourth-order valence-corrected chi connectivity index (χ4v) is 2.37. The van der Waals surface area contributed by atoms with Crippen molar-refractivity contribution < 1.29 is 0 Å². The van der Waals surface area contributed by atoms with Gasteiger partial charge >= 0.3 is 0 Å². The molecule has 2 rings (SSSR count). The van der Waals surface area contributed by atoms with Gasteiger partial charge in [-0.3, -0.25) is 0 Å². The number of hydrogen-bond acceptors (Lipinski definition) is 1. The van der Waals surface area contributed by atoms with Crippen molar-refractivity contribution in [1.82, 2.24) is 0 Å². The van der Waals surface area contributed by atoms with Gasteiger partial charge in [-0.05, 0) is 29.4 Å². The van der Waals surface area contributed by atoms with Crippen LogP contribution in [0.25, 0.3) is 0 Å². The predicted octanol–water partition coefficient (Wildman–Crippen LogP) is 3.63. The van der Waals surface area contributed by atoms with Crippen LogP contribution in [0.4, 0.5) is 5.69 Å². The van der Waals surface area contributed by atoms with Crippen LogP contribution in [0.3, 0.4) is 0 Å². The van der Waals surface area contributed by atoms with Crippen LogP contribution in [-0.4, -0.2) is 6.54 Å². The second-order valence-electron chi connectivity index (χ2n) is 5.22. The summed E-state index contributed by atoms with van der Waals surface area (Å²) in [6.07, 6.45) is 1.25. The molecule has 1 N–H and O–H groups in total. The third kappa shape index (κ3) is 1.63. The minimum Gasteiger partial charge on any atom is -0.385 e. The summed E-state index contributed by atoms with van der Waals surface area (Å²) in [7, 11) is 0. The number of para-hydroxylation sites is 1. The number of hydrogen-bond donors (Lipinski definition) is 1. The molecule has 0 aromatic heterocycles. The van der Waals surface area contributed by atoms with Crippen LogP contribution in [0.15, 0.2) is 24.3 Å². The number of anilines is 1. The molecule has 76 valence electrons. The molecule has 1 heterocycles. The molecule has 0 spiro atoms. The van der Waals surface area contributed by atoms with E-state index in [9.17, 15) is 0 Å². The molecular formula is C13H19N. The maximum Gasteiger partial charge on any atom is 0.0375 e. The topological polar surface area (TPSA) is 12.0 Å². The van der Waals surface area contributed by atoms with Crippen LogP contribution in [0.5, 0.6) is 0 Å². The largest absolute Gasteiger partial charge is 0.385 e. The summed E-state index contributed by atoms with van der Waals surface area (Å²) < 4.78 is 0. The molecule has 0 unspecified atom stereocenters. The first-order chi connectivity index (χ1) is 6.59. The molecular weight excluding hydrogens is 170 g/mol. The Morgan fingerprint density at radius 1 is 1.21 bits per heavy atom. The highest BCUT2D eigenvalue weighted by Crippen LogP contribution is 2.42. The van der Waals surface area contributed by atoms with Gasteiger partial charge in [-0.25, -0.2) is 0 Å². The Labute approximate surface area is 86.5 Å². The van der Waals surface area contributed by atoms with E-state index in [0.29, 0.717) is 11.3 Å². The Kier molecular flexibility index (Phi) is 2.26. The predicted molar refractivity (Wildman–Crippen MR) is 61.7 cm³/mol. The zero-order valence-electron chi connectivity index (χ0n) is 9.30. The second kappa shape index (κ2) is 3.30. The quantitative estimate of drug-likeness (QED) is 0.657. The van der Waals surface area contributed by atoms with Crippen LogP contribution >= 0.6 is 0 Å². The highest BCUT2D eigenvalue weighted by Gasteiger charge is 2.29. The van der Waals surface area contributed by atoms with Crippen LogP contribution in [0, 0.1) is 5.41 Å². The maximum atomic E-state index is 3.46. The average Bonchev–Trinajstić information content (AvgIpc) is 2.15. The van der Waals surface area contributed by atoms with E-state index in [1.807, 2.05) is 0 Å². The molecule has 0 aliphatic carbocycles. The van der Waals surface area contributed by atoms with Crippen molar-refractivity contribution in [2.75, 3.05) is 11.9 Å². The zero-order valence-corrected chi connectivity index (χ0v) is 9.30. The Bertz CT molecular complexity index is 322. The summed E-state index contributed by atoms with van der Waals surface area (Å²) in [4.78, 5) is 0. The summed E-state index contributed by atoms with van der Waals surface area (Å²) in [5, 5.41) is 3.46. The molecule has 1 heteroatoms. The standard InChI is InChI=1S/C13H19N/c1-13(2,3)11-8-9-14-12-7-5-4-6-10(11)12/h4-7,11,14H,8-9H2,1-3H3/t11-/m0/s1. The van der Waals surface area contributed by atoms with Gasteiger partial charge < -0.3 is 5.32 Å². The van der Waals surface area contributed by atoms with Gasteiger partial charge in [0, 0.05) is 12.2 Å². The van der Waals surface area contributed by atoms with E-state index in [-0.39, 0.29) is 0 Å². The van der Waals surface area contributed by atoms with Gasteiger partial charge in [0.1, 0.15) is 0 Å². The van der Waals surface area contributed by atoms with Crippen molar-refractivity contribution in [3.63, 3.8) is 0 Å². The van der Waals surface area contributed by atoms with E-state index in [4.69, 9.17) is 0 Å². The summed E-state index contributed by atoms with van der Waals surface area (Å²) in [6, 6.07) is 8.70. The SMILES string of the molecule is CC(C)(C)[C@H]1CCNc2ccccc21. The Morgan fingerprint density at radius 3 is 2.64 bits per heavy atom. The summed E-state index contributed by atoms with van der Waals surface area (Å²) >= 11 is 0. The molecule has 0 fully saturated rings. The molecule has 0 bridgehead atoms. The molecule has 1 atom stereocenters. The molecule has 0 amide bonds. The molecule has 1 aromatic carbocycles. The van der Waals surface area contributed by atoms with Crippen LogP contribution in [0.1, 0.15) is 38.7 Å². The Balaban J connectivity index is 2.41. The summed E-state index contributed by atoms with van der Waals surface area (Å²) in [5.74, 6) is 0.694. The lowest BCUT2D eigenvalue weighted by atomic mass is 9.73. The van der Waals surface area contributed by atoms with Crippen molar-refractivity contribution in [2.45, 2.75) is 33.1 Å². The molecule has 14 heavy (non-hydrogen) atoms. The van der Waals surface area contributed by atoms with Crippen LogP contribution in [0.2, 0.25) is 0 Å². The first-order valence-electron chi connectivity index (χ1n) is 5.42. The zero-order chi connectivity index (χ0) is 10.2. The number of nitrogens with one attached hydrogen (secondary N) is 1. The fourth-order valence-electron chi connectivity index (χ4n) is 2.37. The van der Waals surface area contributed by atoms with Gasteiger partial charge in [-0.2, -0.15) is 0 Å². The van der Waals surface area contributed by atoms with E-state index in [2.05, 4.69) is 50.4 Å². The van der Waals surface area contributed by atoms with Crippen molar-refractivity contribution in [1.29, 1.82) is 0 Å². The monoisotopic (exact) mass is 189 g/mol. The number of fused-ring (bicyclic) bond motifs is 1. The van der Waals surface area contributed by atoms with E-state index in [1.54, 1.807) is 0 Å². The maximum absolute atomic E-state index is 3.46. The highest BCUT2D eigenvalue weighted by molar-refractivity contribution is 5.55. The molecule has 1 aromatic rings. The van der Waals surface area contributed by atoms with Crippen molar-refractivity contribution >= 4 is 5.69 Å². The smallest absolute Gasteiger partial charge is 0.0375 e. The average molecular weight is 189 g/mol. The van der Waals surface area contributed by atoms with Crippen molar-refractivity contribution in [3.8, 4) is 0 Å². The van der Waals surface area contributed by atoms with E-state index in [0.717, 1.165) is 6.54 Å². The van der Waals surface area contributed by atoms with Crippen LogP contribution < -0.4 is 5.32 Å². The minimum absolute atomic E-state index is 0.373. The van der Waals surface area contributed by atoms with Crippen molar-refractivity contribution in [3.05, 3.63) is 29.8 Å². The van der Waals surface area contributed by atoms with Gasteiger partial charge in [0.25, 0.3) is 0 Å². The molecule has 1 aliphatic rings. The number of rotatable bonds is 0. The molecule has 1 aliphatic heterocycles. The van der Waals surface area contributed by atoms with Gasteiger partial charge in [0.2, 0.25) is 0 Å². The first kappa shape index (κ1) is 9.57. The van der Waals surface area contributed by atoms with E-state index < -0.39 is 0 Å². The van der Waals surface area contributed by atoms with E-state index in [1.165, 1.54) is 17.7 Å². The summed E-state index contributed by atoms with van der Waals surface area (Å²) in [6.45, 7) is 8.11. The fraction of sp³-hybridized carbons (Fsp3) is 0.538. The lowest BCUT2D eigenvalue weighted by molar-refractivity contribution is 0.305. The second-order valence-corrected chi connectivity index (χ2v) is 5.22. The van der Waals surface area contributed by atoms with E-state index >= 15 is 0 Å². The third-order valence-electron chi connectivity index (χ3n) is 3.13. The van der Waals surface area contributed by atoms with Crippen molar-refractivity contribution in [2.24, 2.45) is 5.41 Å². The van der Waals surface area contributed by atoms with Gasteiger partial charge in [0.05, 0.1) is 0 Å². The first-order valence-corrected chi connectivity index (χ1v) is 5.42. The lowest BCUT2D eigenvalue weighted by Crippen LogP contribution is -2.26. The molecule has 0 saturated heterocycles. The van der Waals surface area contributed by atoms with Gasteiger partial charge in [-0.1, -0.05) is 39.0 Å². The van der Waals surface area contributed by atoms with Crippen LogP contribution in [-0.2, 0) is 0 Å². The third-order valence-corrected chi connectivity index (χ3v) is 3.13.